The summed E-state index contributed by atoms with van der Waals surface area (Å²) in [6.07, 6.45) is 0. The first-order valence-corrected chi connectivity index (χ1v) is 7.61. The Balaban J connectivity index is 2.06. The highest BCUT2D eigenvalue weighted by atomic mass is 14.2. The lowest BCUT2D eigenvalue weighted by Crippen LogP contribution is -2.04. The number of rotatable bonds is 4. The Bertz CT molecular complexity index is 655. The van der Waals surface area contributed by atoms with E-state index in [-0.39, 0.29) is 5.92 Å². The van der Waals surface area contributed by atoms with Crippen molar-refractivity contribution in [3.05, 3.63) is 107 Å². The van der Waals surface area contributed by atoms with Crippen LogP contribution in [0.15, 0.2) is 60.7 Å². The zero-order valence-electron chi connectivity index (χ0n) is 12.9. The largest absolute Gasteiger partial charge is 0.0587 e. The van der Waals surface area contributed by atoms with E-state index < -0.39 is 0 Å². The third kappa shape index (κ3) is 3.12. The molecule has 0 unspecified atom stereocenters. The van der Waals surface area contributed by atoms with Crippen molar-refractivity contribution in [3.8, 4) is 0 Å². The van der Waals surface area contributed by atoms with Gasteiger partial charge in [0.2, 0.25) is 0 Å². The van der Waals surface area contributed by atoms with Crippen LogP contribution in [-0.2, 0) is 0 Å². The van der Waals surface area contributed by atoms with Gasteiger partial charge in [-0.25, -0.2) is 0 Å². The van der Waals surface area contributed by atoms with Gasteiger partial charge in [0.15, 0.2) is 0 Å². The van der Waals surface area contributed by atoms with Gasteiger partial charge < -0.3 is 0 Å². The normalized spacial score (nSPS) is 11.1. The van der Waals surface area contributed by atoms with Gasteiger partial charge in [0.25, 0.3) is 0 Å². The second kappa shape index (κ2) is 6.62. The fourth-order valence-electron chi connectivity index (χ4n) is 2.66. The Kier molecular flexibility index (Phi) is 4.39. The lowest BCUT2D eigenvalue weighted by Gasteiger charge is -2.19. The van der Waals surface area contributed by atoms with Crippen molar-refractivity contribution in [3.63, 3.8) is 0 Å². The van der Waals surface area contributed by atoms with Crippen LogP contribution in [0, 0.1) is 24.3 Å². The van der Waals surface area contributed by atoms with E-state index in [1.807, 2.05) is 36.4 Å². The minimum absolute atomic E-state index is 0.121. The van der Waals surface area contributed by atoms with Crippen molar-refractivity contribution in [2.24, 2.45) is 0 Å². The maximum Gasteiger partial charge on any atom is 0.0352 e. The van der Waals surface area contributed by atoms with Crippen LogP contribution >= 0.6 is 0 Å². The molecule has 0 nitrogen and oxygen atoms in total. The summed E-state index contributed by atoms with van der Waals surface area (Å²) in [5.41, 5.74) is 4.82. The summed E-state index contributed by atoms with van der Waals surface area (Å²) in [7, 11) is 0. The van der Waals surface area contributed by atoms with Crippen molar-refractivity contribution < 1.29 is 0 Å². The molecule has 0 spiro atoms. The average molecular weight is 282 g/mol. The Morgan fingerprint density at radius 1 is 0.682 bits per heavy atom. The minimum atomic E-state index is 0.121. The average Bonchev–Trinajstić information content (AvgIpc) is 2.57. The lowest BCUT2D eigenvalue weighted by molar-refractivity contribution is 0.862. The fraction of sp³-hybridized carbons (Fsp3) is 0.182. The molecular weight excluding hydrogens is 264 g/mol. The van der Waals surface area contributed by atoms with Crippen LogP contribution in [0.1, 0.15) is 47.9 Å². The van der Waals surface area contributed by atoms with Crippen LogP contribution in [0.2, 0.25) is 0 Å². The summed E-state index contributed by atoms with van der Waals surface area (Å²) in [5, 5.41) is 0. The molecule has 0 fully saturated rings. The molecule has 3 aromatic carbocycles. The smallest absolute Gasteiger partial charge is 0.0352 e. The molecular formula is C22H18. The van der Waals surface area contributed by atoms with Crippen molar-refractivity contribution in [2.75, 3.05) is 0 Å². The molecule has 0 aromatic heterocycles. The van der Waals surface area contributed by atoms with Crippen LogP contribution in [0.3, 0.4) is 0 Å². The molecule has 3 aromatic rings. The predicted molar refractivity (Wildman–Crippen MR) is 89.7 cm³/mol. The van der Waals surface area contributed by atoms with Gasteiger partial charge in [-0.2, -0.15) is 0 Å². The van der Waals surface area contributed by atoms with E-state index >= 15 is 0 Å². The number of hydrogen-bond acceptors (Lipinski definition) is 0. The third-order valence-electron chi connectivity index (χ3n) is 3.90. The maximum atomic E-state index is 3.34. The summed E-state index contributed by atoms with van der Waals surface area (Å²) >= 11 is 0. The van der Waals surface area contributed by atoms with E-state index in [1.165, 1.54) is 11.1 Å². The topological polar surface area (TPSA) is 0 Å². The van der Waals surface area contributed by atoms with Gasteiger partial charge in [0.05, 0.1) is 0 Å². The molecule has 0 aliphatic heterocycles. The molecule has 22 heavy (non-hydrogen) atoms. The Morgan fingerprint density at radius 2 is 1.18 bits per heavy atom. The standard InChI is InChI=1S/C22H18/c1-17(2)18-13-15-21(16-14-18)22(19-9-5-3-6-10-19)20-11-7-4-8-12-20/h3-5,7,10,12-17,22H,1-2H3. The third-order valence-corrected chi connectivity index (χ3v) is 3.90. The van der Waals surface area contributed by atoms with Crippen molar-refractivity contribution in [2.45, 2.75) is 25.7 Å². The van der Waals surface area contributed by atoms with Gasteiger partial charge in [-0.3, -0.25) is 0 Å². The van der Waals surface area contributed by atoms with Crippen molar-refractivity contribution >= 4 is 0 Å². The van der Waals surface area contributed by atoms with Crippen LogP contribution < -0.4 is 0 Å². The van der Waals surface area contributed by atoms with Gasteiger partial charge in [-0.15, -0.1) is 0 Å². The van der Waals surface area contributed by atoms with Crippen LogP contribution in [0.4, 0.5) is 0 Å². The summed E-state index contributed by atoms with van der Waals surface area (Å²) in [6, 6.07) is 33.4. The highest BCUT2D eigenvalue weighted by Gasteiger charge is 2.16. The van der Waals surface area contributed by atoms with Crippen LogP contribution in [0.25, 0.3) is 0 Å². The zero-order valence-corrected chi connectivity index (χ0v) is 12.9. The van der Waals surface area contributed by atoms with Gasteiger partial charge in [0.1, 0.15) is 0 Å². The van der Waals surface area contributed by atoms with E-state index in [0.29, 0.717) is 5.92 Å². The first-order valence-electron chi connectivity index (χ1n) is 7.61. The molecule has 0 bridgehead atoms. The van der Waals surface area contributed by atoms with E-state index in [2.05, 4.69) is 62.4 Å². The molecule has 0 heteroatoms. The van der Waals surface area contributed by atoms with E-state index in [4.69, 9.17) is 0 Å². The van der Waals surface area contributed by atoms with E-state index in [1.54, 1.807) is 0 Å². The quantitative estimate of drug-likeness (QED) is 0.578. The molecule has 0 atom stereocenters. The van der Waals surface area contributed by atoms with Crippen molar-refractivity contribution in [1.29, 1.82) is 0 Å². The molecule has 0 amide bonds. The summed E-state index contributed by atoms with van der Waals surface area (Å²) in [4.78, 5) is 0. The van der Waals surface area contributed by atoms with Crippen LogP contribution in [0.5, 0.6) is 0 Å². The summed E-state index contributed by atoms with van der Waals surface area (Å²) in [5.74, 6) is 0.664. The first kappa shape index (κ1) is 14.6. The van der Waals surface area contributed by atoms with Crippen LogP contribution in [-0.4, -0.2) is 0 Å². The monoisotopic (exact) mass is 282 g/mol. The Hall–Kier alpha value is -2.34. The van der Waals surface area contributed by atoms with Gasteiger partial charge in [-0.05, 0) is 64.6 Å². The SMILES string of the molecule is CC(C)c1ccc(C(c2[c]cc[c]c2)c2[c]cc[c]c2)cc1. The van der Waals surface area contributed by atoms with E-state index in [9.17, 15) is 0 Å². The summed E-state index contributed by atoms with van der Waals surface area (Å²) < 4.78 is 0. The molecule has 4 radical (unpaired) electrons. The molecule has 3 rings (SSSR count). The molecule has 0 saturated heterocycles. The fourth-order valence-corrected chi connectivity index (χ4v) is 2.66. The first-order chi connectivity index (χ1) is 10.8. The number of benzene rings is 3. The second-order valence-corrected chi connectivity index (χ2v) is 5.74. The molecule has 0 saturated carbocycles. The number of hydrogen-bond donors (Lipinski definition) is 0. The highest BCUT2D eigenvalue weighted by molar-refractivity contribution is 5.42. The highest BCUT2D eigenvalue weighted by Crippen LogP contribution is 2.31. The second-order valence-electron chi connectivity index (χ2n) is 5.74. The summed E-state index contributed by atoms with van der Waals surface area (Å²) in [6.45, 7) is 4.43. The van der Waals surface area contributed by atoms with E-state index in [0.717, 1.165) is 11.1 Å². The minimum Gasteiger partial charge on any atom is -0.0587 e. The predicted octanol–water partition coefficient (Wildman–Crippen LogP) is 5.19. The van der Waals surface area contributed by atoms with Gasteiger partial charge in [-0.1, -0.05) is 62.4 Å². The molecule has 0 aliphatic rings. The molecule has 0 aliphatic carbocycles. The Labute approximate surface area is 133 Å². The maximum absolute atomic E-state index is 3.34. The van der Waals surface area contributed by atoms with Gasteiger partial charge >= 0.3 is 0 Å². The van der Waals surface area contributed by atoms with Gasteiger partial charge in [0, 0.05) is 5.92 Å². The molecule has 0 heterocycles. The molecule has 0 N–H and O–H groups in total. The zero-order chi connectivity index (χ0) is 15.4. The lowest BCUT2D eigenvalue weighted by atomic mass is 9.84. The Morgan fingerprint density at radius 3 is 1.59 bits per heavy atom. The molecule has 106 valence electrons. The van der Waals surface area contributed by atoms with Crippen molar-refractivity contribution in [1.82, 2.24) is 0 Å².